The van der Waals surface area contributed by atoms with Gasteiger partial charge in [-0.05, 0) is 38.7 Å². The second kappa shape index (κ2) is 6.78. The van der Waals surface area contributed by atoms with Crippen molar-refractivity contribution in [2.45, 2.75) is 50.8 Å². The minimum atomic E-state index is -4.53. The molecule has 0 spiro atoms. The van der Waals surface area contributed by atoms with E-state index in [1.807, 2.05) is 0 Å². The van der Waals surface area contributed by atoms with Gasteiger partial charge in [0, 0.05) is 31.3 Å². The second-order valence-corrected chi connectivity index (χ2v) is 7.18. The Morgan fingerprint density at radius 2 is 2.11 bits per heavy atom. The first-order valence-electron chi connectivity index (χ1n) is 9.09. The van der Waals surface area contributed by atoms with Gasteiger partial charge in [0.15, 0.2) is 0 Å². The number of amides is 1. The summed E-state index contributed by atoms with van der Waals surface area (Å²) in [5, 5.41) is 3.83. The lowest BCUT2D eigenvalue weighted by atomic mass is 9.91. The molecule has 0 N–H and O–H groups in total. The van der Waals surface area contributed by atoms with Gasteiger partial charge in [-0.25, -0.2) is 4.98 Å². The summed E-state index contributed by atoms with van der Waals surface area (Å²) < 4.78 is 51.2. The van der Waals surface area contributed by atoms with Crippen molar-refractivity contribution in [3.05, 3.63) is 23.0 Å². The van der Waals surface area contributed by atoms with E-state index in [9.17, 15) is 18.0 Å². The third-order valence-corrected chi connectivity index (χ3v) is 5.23. The Morgan fingerprint density at radius 3 is 2.81 bits per heavy atom. The van der Waals surface area contributed by atoms with Crippen LogP contribution in [-0.4, -0.2) is 46.7 Å². The average Bonchev–Trinajstić information content (AvgIpc) is 3.29. The van der Waals surface area contributed by atoms with Gasteiger partial charge in [-0.1, -0.05) is 5.16 Å². The van der Waals surface area contributed by atoms with E-state index in [4.69, 9.17) is 9.26 Å². The molecule has 2 atom stereocenters. The molecule has 2 aromatic heterocycles. The summed E-state index contributed by atoms with van der Waals surface area (Å²) in [6.07, 6.45) is -2.10. The van der Waals surface area contributed by atoms with Crippen molar-refractivity contribution in [1.82, 2.24) is 15.0 Å². The summed E-state index contributed by atoms with van der Waals surface area (Å²) in [4.78, 5) is 18.3. The zero-order valence-electron chi connectivity index (χ0n) is 14.9. The van der Waals surface area contributed by atoms with Crippen LogP contribution in [0.1, 0.15) is 48.6 Å². The number of hydrogen-bond acceptors (Lipinski definition) is 5. The summed E-state index contributed by atoms with van der Waals surface area (Å²) in [6, 6.07) is 1.02. The first-order chi connectivity index (χ1) is 12.8. The first kappa shape index (κ1) is 18.2. The predicted molar refractivity (Wildman–Crippen MR) is 89.1 cm³/mol. The van der Waals surface area contributed by atoms with Gasteiger partial charge in [0.05, 0.1) is 16.6 Å². The van der Waals surface area contributed by atoms with E-state index in [-0.39, 0.29) is 34.3 Å². The molecule has 0 aliphatic carbocycles. The minimum Gasteiger partial charge on any atom is -0.368 e. The fourth-order valence-electron chi connectivity index (χ4n) is 3.98. The van der Waals surface area contributed by atoms with E-state index in [1.165, 1.54) is 6.92 Å². The number of hydrogen-bond donors (Lipinski definition) is 0. The monoisotopic (exact) mass is 383 g/mol. The number of pyridine rings is 1. The van der Waals surface area contributed by atoms with Crippen LogP contribution in [0.15, 0.2) is 10.6 Å². The maximum Gasteiger partial charge on any atom is 0.417 e. The molecular formula is C18H20F3N3O3. The van der Waals surface area contributed by atoms with E-state index in [0.717, 1.165) is 12.5 Å². The van der Waals surface area contributed by atoms with Crippen molar-refractivity contribution in [2.75, 3.05) is 19.7 Å². The van der Waals surface area contributed by atoms with Crippen molar-refractivity contribution in [1.29, 1.82) is 0 Å². The quantitative estimate of drug-likeness (QED) is 0.795. The average molecular weight is 383 g/mol. The van der Waals surface area contributed by atoms with Gasteiger partial charge in [0.1, 0.15) is 6.10 Å². The van der Waals surface area contributed by atoms with Crippen LogP contribution in [0.4, 0.5) is 13.2 Å². The molecule has 2 aromatic rings. The molecule has 0 saturated carbocycles. The highest BCUT2D eigenvalue weighted by Gasteiger charge is 2.39. The SMILES string of the molecule is Cc1cc(C(F)(F)F)c2c([C@H]3CCCN(C(=O)[C@@H]4CCCO4)C3)noc2n1. The topological polar surface area (TPSA) is 68.5 Å². The number of likely N-dealkylation sites (tertiary alicyclic amines) is 1. The number of carbonyl (C=O) groups excluding carboxylic acids is 1. The summed E-state index contributed by atoms with van der Waals surface area (Å²) in [7, 11) is 0. The van der Waals surface area contributed by atoms with Gasteiger partial charge in [0.2, 0.25) is 0 Å². The van der Waals surface area contributed by atoms with Crippen molar-refractivity contribution >= 4 is 17.0 Å². The van der Waals surface area contributed by atoms with Gasteiger partial charge in [0.25, 0.3) is 11.6 Å². The normalized spacial score (nSPS) is 23.9. The van der Waals surface area contributed by atoms with E-state index in [0.29, 0.717) is 39.0 Å². The van der Waals surface area contributed by atoms with Crippen molar-refractivity contribution in [2.24, 2.45) is 0 Å². The summed E-state index contributed by atoms with van der Waals surface area (Å²) in [5.41, 5.74) is -0.449. The highest BCUT2D eigenvalue weighted by molar-refractivity contribution is 5.83. The third-order valence-electron chi connectivity index (χ3n) is 5.23. The molecule has 146 valence electrons. The number of rotatable bonds is 2. The smallest absolute Gasteiger partial charge is 0.368 e. The standard InChI is InChI=1S/C18H20F3N3O3/c1-10-8-12(18(19,20)21)14-15(23-27-16(14)22-10)11-4-2-6-24(9-11)17(25)13-5-3-7-26-13/h8,11,13H,2-7,9H2,1H3/t11-,13-/m0/s1. The number of carbonyl (C=O) groups is 1. The maximum atomic E-state index is 13.6. The summed E-state index contributed by atoms with van der Waals surface area (Å²) in [6.45, 7) is 2.95. The number of piperidine rings is 1. The van der Waals surface area contributed by atoms with Gasteiger partial charge >= 0.3 is 6.18 Å². The lowest BCUT2D eigenvalue weighted by Crippen LogP contribution is -2.44. The molecule has 4 rings (SSSR count). The van der Waals surface area contributed by atoms with Crippen LogP contribution < -0.4 is 0 Å². The number of alkyl halides is 3. The molecule has 4 heterocycles. The molecule has 2 fully saturated rings. The molecule has 2 aliphatic rings. The lowest BCUT2D eigenvalue weighted by molar-refractivity contribution is -0.142. The van der Waals surface area contributed by atoms with Crippen LogP contribution >= 0.6 is 0 Å². The van der Waals surface area contributed by atoms with Crippen LogP contribution in [0, 0.1) is 6.92 Å². The predicted octanol–water partition coefficient (Wildman–Crippen LogP) is 3.44. The zero-order chi connectivity index (χ0) is 19.2. The van der Waals surface area contributed by atoms with Crippen molar-refractivity contribution in [3.8, 4) is 0 Å². The third kappa shape index (κ3) is 3.40. The highest BCUT2D eigenvalue weighted by atomic mass is 19.4. The van der Waals surface area contributed by atoms with Crippen molar-refractivity contribution < 1.29 is 27.2 Å². The lowest BCUT2D eigenvalue weighted by Gasteiger charge is -2.33. The zero-order valence-corrected chi connectivity index (χ0v) is 14.9. The fraction of sp³-hybridized carbons (Fsp3) is 0.611. The van der Waals surface area contributed by atoms with Gasteiger partial charge < -0.3 is 14.2 Å². The number of ether oxygens (including phenoxy) is 1. The largest absolute Gasteiger partial charge is 0.417 e. The molecule has 0 aromatic carbocycles. The molecule has 6 nitrogen and oxygen atoms in total. The molecule has 0 bridgehead atoms. The second-order valence-electron chi connectivity index (χ2n) is 7.18. The molecule has 1 amide bonds. The molecule has 2 aliphatic heterocycles. The van der Waals surface area contributed by atoms with E-state index < -0.39 is 17.8 Å². The Morgan fingerprint density at radius 1 is 1.30 bits per heavy atom. The number of fused-ring (bicyclic) bond motifs is 1. The van der Waals surface area contributed by atoms with E-state index in [1.54, 1.807) is 4.90 Å². The Hall–Kier alpha value is -2.16. The van der Waals surface area contributed by atoms with Crippen LogP contribution in [0.2, 0.25) is 0 Å². The Balaban J connectivity index is 1.66. The van der Waals surface area contributed by atoms with Crippen LogP contribution in [-0.2, 0) is 15.7 Å². The Bertz CT molecular complexity index is 859. The number of halogens is 3. The molecule has 0 radical (unpaired) electrons. The van der Waals surface area contributed by atoms with E-state index in [2.05, 4.69) is 10.1 Å². The maximum absolute atomic E-state index is 13.6. The Kier molecular flexibility index (Phi) is 4.57. The van der Waals surface area contributed by atoms with Gasteiger partial charge in [-0.15, -0.1) is 0 Å². The van der Waals surface area contributed by atoms with Crippen LogP contribution in [0.5, 0.6) is 0 Å². The van der Waals surface area contributed by atoms with Crippen LogP contribution in [0.3, 0.4) is 0 Å². The van der Waals surface area contributed by atoms with Gasteiger partial charge in [-0.3, -0.25) is 4.79 Å². The molecule has 2 saturated heterocycles. The fourth-order valence-corrected chi connectivity index (χ4v) is 3.98. The molecule has 9 heteroatoms. The molecular weight excluding hydrogens is 363 g/mol. The summed E-state index contributed by atoms with van der Waals surface area (Å²) in [5.74, 6) is -0.411. The first-order valence-corrected chi connectivity index (χ1v) is 9.09. The number of nitrogens with zero attached hydrogens (tertiary/aromatic N) is 3. The molecule has 0 unspecified atom stereocenters. The molecule has 27 heavy (non-hydrogen) atoms. The summed E-state index contributed by atoms with van der Waals surface area (Å²) >= 11 is 0. The highest BCUT2D eigenvalue weighted by Crippen LogP contribution is 2.40. The van der Waals surface area contributed by atoms with Crippen LogP contribution in [0.25, 0.3) is 11.1 Å². The van der Waals surface area contributed by atoms with Gasteiger partial charge in [-0.2, -0.15) is 13.2 Å². The van der Waals surface area contributed by atoms with Crippen molar-refractivity contribution in [3.63, 3.8) is 0 Å². The Labute approximate surface area is 153 Å². The minimum absolute atomic E-state index is 0.0879. The number of aromatic nitrogens is 2. The van der Waals surface area contributed by atoms with E-state index >= 15 is 0 Å². The number of aryl methyl sites for hydroxylation is 1.